The van der Waals surface area contributed by atoms with Gasteiger partial charge in [0.15, 0.2) is 0 Å². The molecule has 5 nitrogen and oxygen atoms in total. The van der Waals surface area contributed by atoms with E-state index in [1.165, 1.54) is 32.3 Å². The molecule has 0 radical (unpaired) electrons. The van der Waals surface area contributed by atoms with Crippen LogP contribution in [0.25, 0.3) is 0 Å². The first-order valence-corrected chi connectivity index (χ1v) is 6.96. The van der Waals surface area contributed by atoms with Crippen molar-refractivity contribution in [1.82, 2.24) is 9.03 Å². The molecule has 0 aromatic heterocycles. The molecule has 0 spiro atoms. The van der Waals surface area contributed by atoms with Crippen LogP contribution in [0, 0.1) is 5.82 Å². The minimum Gasteiger partial charge on any atom is -0.493 e. The number of benzene rings is 1. The zero-order valence-corrected chi connectivity index (χ0v) is 11.0. The molecule has 0 fully saturated rings. The highest BCUT2D eigenvalue weighted by molar-refractivity contribution is 7.87. The lowest BCUT2D eigenvalue weighted by atomic mass is 10.0. The summed E-state index contributed by atoms with van der Waals surface area (Å²) in [5, 5.41) is 0. The SMILES string of the molecule is CN(C)S(=O)(=O)N[C@@H]1CCOc2ccc(F)cc21. The number of halogens is 1. The second-order valence-corrected chi connectivity index (χ2v) is 6.19. The van der Waals surface area contributed by atoms with Gasteiger partial charge in [-0.2, -0.15) is 17.4 Å². The Hall–Kier alpha value is -1.18. The van der Waals surface area contributed by atoms with E-state index in [2.05, 4.69) is 4.72 Å². The van der Waals surface area contributed by atoms with Gasteiger partial charge >= 0.3 is 0 Å². The first-order valence-electron chi connectivity index (χ1n) is 5.52. The molecular formula is C11H15FN2O3S. The summed E-state index contributed by atoms with van der Waals surface area (Å²) in [4.78, 5) is 0. The summed E-state index contributed by atoms with van der Waals surface area (Å²) in [6, 6.07) is 3.65. The number of rotatable bonds is 3. The van der Waals surface area contributed by atoms with Gasteiger partial charge in [0, 0.05) is 26.1 Å². The lowest BCUT2D eigenvalue weighted by Crippen LogP contribution is -2.39. The molecule has 1 heterocycles. The van der Waals surface area contributed by atoms with Crippen LogP contribution >= 0.6 is 0 Å². The third-order valence-corrected chi connectivity index (χ3v) is 4.33. The van der Waals surface area contributed by atoms with Gasteiger partial charge in [0.25, 0.3) is 10.2 Å². The molecule has 1 aromatic carbocycles. The number of nitrogens with zero attached hydrogens (tertiary/aromatic N) is 1. The van der Waals surface area contributed by atoms with E-state index in [9.17, 15) is 12.8 Å². The summed E-state index contributed by atoms with van der Waals surface area (Å²) in [7, 11) is -0.671. The molecule has 1 atom stereocenters. The second kappa shape index (κ2) is 4.83. The van der Waals surface area contributed by atoms with Gasteiger partial charge in [-0.25, -0.2) is 4.39 Å². The molecule has 1 N–H and O–H groups in total. The molecule has 18 heavy (non-hydrogen) atoms. The molecule has 1 aliphatic heterocycles. The predicted octanol–water partition coefficient (Wildman–Crippen LogP) is 1.05. The zero-order valence-electron chi connectivity index (χ0n) is 10.2. The van der Waals surface area contributed by atoms with Crippen LogP contribution in [0.4, 0.5) is 4.39 Å². The first-order chi connectivity index (χ1) is 8.40. The summed E-state index contributed by atoms with van der Waals surface area (Å²) in [6.45, 7) is 0.402. The van der Waals surface area contributed by atoms with Crippen LogP contribution in [0.1, 0.15) is 18.0 Å². The Morgan fingerprint density at radius 3 is 2.83 bits per heavy atom. The van der Waals surface area contributed by atoms with Crippen molar-refractivity contribution >= 4 is 10.2 Å². The molecule has 0 unspecified atom stereocenters. The maximum Gasteiger partial charge on any atom is 0.279 e. The van der Waals surface area contributed by atoms with E-state index in [1.807, 2.05) is 0 Å². The number of hydrogen-bond donors (Lipinski definition) is 1. The summed E-state index contributed by atoms with van der Waals surface area (Å²) >= 11 is 0. The van der Waals surface area contributed by atoms with E-state index >= 15 is 0 Å². The third-order valence-electron chi connectivity index (χ3n) is 2.78. The van der Waals surface area contributed by atoms with E-state index in [0.29, 0.717) is 24.3 Å². The molecule has 2 rings (SSSR count). The third kappa shape index (κ3) is 2.63. The van der Waals surface area contributed by atoms with Crippen molar-refractivity contribution < 1.29 is 17.5 Å². The van der Waals surface area contributed by atoms with Crippen molar-refractivity contribution in [3.05, 3.63) is 29.6 Å². The lowest BCUT2D eigenvalue weighted by Gasteiger charge is -2.27. The van der Waals surface area contributed by atoms with E-state index < -0.39 is 22.1 Å². The number of fused-ring (bicyclic) bond motifs is 1. The molecule has 1 aromatic rings. The van der Waals surface area contributed by atoms with Crippen LogP contribution < -0.4 is 9.46 Å². The highest BCUT2D eigenvalue weighted by Gasteiger charge is 2.27. The fourth-order valence-electron chi connectivity index (χ4n) is 1.77. The standard InChI is InChI=1S/C11H15FN2O3S/c1-14(2)18(15,16)13-10-5-6-17-11-4-3-8(12)7-9(10)11/h3-4,7,10,13H,5-6H2,1-2H3/t10-/m1/s1. The van der Waals surface area contributed by atoms with E-state index in [4.69, 9.17) is 4.74 Å². The monoisotopic (exact) mass is 274 g/mol. The molecule has 0 saturated carbocycles. The van der Waals surface area contributed by atoms with Crippen LogP contribution in [-0.4, -0.2) is 33.4 Å². The molecule has 0 saturated heterocycles. The largest absolute Gasteiger partial charge is 0.493 e. The minimum absolute atomic E-state index is 0.402. The summed E-state index contributed by atoms with van der Waals surface area (Å²) in [5.41, 5.74) is 0.534. The van der Waals surface area contributed by atoms with Crippen LogP contribution in [0.3, 0.4) is 0 Å². The van der Waals surface area contributed by atoms with Gasteiger partial charge in [-0.3, -0.25) is 0 Å². The first kappa shape index (κ1) is 13.3. The second-order valence-electron chi connectivity index (χ2n) is 4.28. The fourth-order valence-corrected chi connectivity index (χ4v) is 2.59. The normalized spacial score (nSPS) is 19.4. The van der Waals surface area contributed by atoms with Crippen molar-refractivity contribution in [3.63, 3.8) is 0 Å². The molecule has 1 aliphatic rings. The van der Waals surface area contributed by atoms with Crippen LogP contribution in [0.15, 0.2) is 18.2 Å². The van der Waals surface area contributed by atoms with Gasteiger partial charge in [-0.05, 0) is 18.2 Å². The lowest BCUT2D eigenvalue weighted by molar-refractivity contribution is 0.261. The van der Waals surface area contributed by atoms with Gasteiger partial charge in [-0.15, -0.1) is 0 Å². The average molecular weight is 274 g/mol. The van der Waals surface area contributed by atoms with Gasteiger partial charge < -0.3 is 4.74 Å². The van der Waals surface area contributed by atoms with E-state index in [0.717, 1.165) is 4.31 Å². The smallest absolute Gasteiger partial charge is 0.279 e. The number of hydrogen-bond acceptors (Lipinski definition) is 3. The van der Waals surface area contributed by atoms with Crippen molar-refractivity contribution in [2.75, 3.05) is 20.7 Å². The molecule has 0 amide bonds. The minimum atomic E-state index is -3.55. The molecule has 0 aliphatic carbocycles. The van der Waals surface area contributed by atoms with Crippen LogP contribution in [-0.2, 0) is 10.2 Å². The summed E-state index contributed by atoms with van der Waals surface area (Å²) < 4.78 is 45.7. The van der Waals surface area contributed by atoms with Crippen molar-refractivity contribution in [1.29, 1.82) is 0 Å². The number of nitrogens with one attached hydrogen (secondary N) is 1. The summed E-state index contributed by atoms with van der Waals surface area (Å²) in [6.07, 6.45) is 0.476. The maximum atomic E-state index is 13.2. The Morgan fingerprint density at radius 1 is 1.44 bits per heavy atom. The van der Waals surface area contributed by atoms with Crippen molar-refractivity contribution in [2.45, 2.75) is 12.5 Å². The summed E-state index contributed by atoms with van der Waals surface area (Å²) in [5.74, 6) is 0.113. The topological polar surface area (TPSA) is 58.6 Å². The Kier molecular flexibility index (Phi) is 3.56. The Bertz CT molecular complexity index is 545. The van der Waals surface area contributed by atoms with Crippen molar-refractivity contribution in [2.24, 2.45) is 0 Å². The molecule has 0 bridgehead atoms. The van der Waals surface area contributed by atoms with Gasteiger partial charge in [-0.1, -0.05) is 0 Å². The van der Waals surface area contributed by atoms with Crippen molar-refractivity contribution in [3.8, 4) is 5.75 Å². The Morgan fingerprint density at radius 2 is 2.17 bits per heavy atom. The highest BCUT2D eigenvalue weighted by Crippen LogP contribution is 2.32. The Labute approximate surface area is 106 Å². The average Bonchev–Trinajstić information content (AvgIpc) is 2.29. The van der Waals surface area contributed by atoms with E-state index in [1.54, 1.807) is 0 Å². The maximum absolute atomic E-state index is 13.2. The fraction of sp³-hybridized carbons (Fsp3) is 0.455. The number of ether oxygens (including phenoxy) is 1. The predicted molar refractivity (Wildman–Crippen MR) is 65.0 cm³/mol. The highest BCUT2D eigenvalue weighted by atomic mass is 32.2. The van der Waals surface area contributed by atoms with Gasteiger partial charge in [0.05, 0.1) is 12.6 Å². The molecule has 7 heteroatoms. The molecular weight excluding hydrogens is 259 g/mol. The zero-order chi connectivity index (χ0) is 13.3. The Balaban J connectivity index is 2.31. The van der Waals surface area contributed by atoms with E-state index in [-0.39, 0.29) is 0 Å². The van der Waals surface area contributed by atoms with Gasteiger partial charge in [0.1, 0.15) is 11.6 Å². The molecule has 100 valence electrons. The van der Waals surface area contributed by atoms with Crippen LogP contribution in [0.2, 0.25) is 0 Å². The van der Waals surface area contributed by atoms with Crippen LogP contribution in [0.5, 0.6) is 5.75 Å². The van der Waals surface area contributed by atoms with Gasteiger partial charge in [0.2, 0.25) is 0 Å². The quantitative estimate of drug-likeness (QED) is 0.896.